The SMILES string of the molecule is Cc1cc(C)cc(N(C)c2cc(C)c(Br)cn2)c1. The van der Waals surface area contributed by atoms with Crippen molar-refractivity contribution in [2.45, 2.75) is 20.8 Å². The van der Waals surface area contributed by atoms with Crippen molar-refractivity contribution < 1.29 is 0 Å². The molecule has 0 saturated carbocycles. The van der Waals surface area contributed by atoms with E-state index in [4.69, 9.17) is 0 Å². The lowest BCUT2D eigenvalue weighted by Crippen LogP contribution is -2.11. The molecular weight excluding hydrogens is 288 g/mol. The highest BCUT2D eigenvalue weighted by molar-refractivity contribution is 9.10. The van der Waals surface area contributed by atoms with E-state index in [0.29, 0.717) is 0 Å². The molecule has 2 rings (SSSR count). The lowest BCUT2D eigenvalue weighted by Gasteiger charge is -2.20. The van der Waals surface area contributed by atoms with Gasteiger partial charge in [-0.2, -0.15) is 0 Å². The summed E-state index contributed by atoms with van der Waals surface area (Å²) in [6.07, 6.45) is 1.85. The summed E-state index contributed by atoms with van der Waals surface area (Å²) in [5, 5.41) is 0. The molecule has 0 spiro atoms. The molecule has 0 aliphatic rings. The van der Waals surface area contributed by atoms with E-state index in [0.717, 1.165) is 10.3 Å². The molecule has 0 N–H and O–H groups in total. The first-order valence-electron chi connectivity index (χ1n) is 5.91. The van der Waals surface area contributed by atoms with Crippen molar-refractivity contribution in [2.24, 2.45) is 0 Å². The summed E-state index contributed by atoms with van der Waals surface area (Å²) >= 11 is 3.48. The minimum atomic E-state index is 0.959. The predicted octanol–water partition coefficient (Wildman–Crippen LogP) is 4.54. The van der Waals surface area contributed by atoms with Gasteiger partial charge in [-0.15, -0.1) is 0 Å². The summed E-state index contributed by atoms with van der Waals surface area (Å²) in [5.41, 5.74) is 4.90. The first-order chi connectivity index (χ1) is 8.47. The second kappa shape index (κ2) is 5.11. The van der Waals surface area contributed by atoms with Gasteiger partial charge in [0.15, 0.2) is 0 Å². The number of aromatic nitrogens is 1. The zero-order valence-corrected chi connectivity index (χ0v) is 12.7. The van der Waals surface area contributed by atoms with Crippen LogP contribution in [0, 0.1) is 20.8 Å². The largest absolute Gasteiger partial charge is 0.329 e. The van der Waals surface area contributed by atoms with Crippen molar-refractivity contribution in [3.63, 3.8) is 0 Å². The Balaban J connectivity index is 2.40. The fourth-order valence-electron chi connectivity index (χ4n) is 1.98. The summed E-state index contributed by atoms with van der Waals surface area (Å²) < 4.78 is 1.04. The Hall–Kier alpha value is -1.35. The molecule has 18 heavy (non-hydrogen) atoms. The molecule has 0 radical (unpaired) electrons. The highest BCUT2D eigenvalue weighted by atomic mass is 79.9. The third-order valence-electron chi connectivity index (χ3n) is 2.97. The van der Waals surface area contributed by atoms with Crippen LogP contribution in [-0.4, -0.2) is 12.0 Å². The number of hydrogen-bond acceptors (Lipinski definition) is 2. The van der Waals surface area contributed by atoms with E-state index in [1.165, 1.54) is 22.4 Å². The third kappa shape index (κ3) is 2.72. The minimum absolute atomic E-state index is 0.959. The monoisotopic (exact) mass is 304 g/mol. The number of anilines is 2. The van der Waals surface area contributed by atoms with Crippen LogP contribution in [0.2, 0.25) is 0 Å². The zero-order chi connectivity index (χ0) is 13.3. The van der Waals surface area contributed by atoms with Gasteiger partial charge >= 0.3 is 0 Å². The molecule has 94 valence electrons. The average molecular weight is 305 g/mol. The van der Waals surface area contributed by atoms with Gasteiger partial charge in [0.05, 0.1) is 0 Å². The Kier molecular flexibility index (Phi) is 3.71. The molecule has 2 nitrogen and oxygen atoms in total. The van der Waals surface area contributed by atoms with Crippen LogP contribution in [-0.2, 0) is 0 Å². The highest BCUT2D eigenvalue weighted by Crippen LogP contribution is 2.26. The van der Waals surface area contributed by atoms with Crippen LogP contribution in [0.15, 0.2) is 34.9 Å². The van der Waals surface area contributed by atoms with Crippen LogP contribution in [0.25, 0.3) is 0 Å². The lowest BCUT2D eigenvalue weighted by atomic mass is 10.1. The minimum Gasteiger partial charge on any atom is -0.329 e. The molecule has 0 aliphatic heterocycles. The summed E-state index contributed by atoms with van der Waals surface area (Å²) in [7, 11) is 2.05. The summed E-state index contributed by atoms with van der Waals surface area (Å²) in [4.78, 5) is 6.56. The second-order valence-electron chi connectivity index (χ2n) is 4.70. The number of benzene rings is 1. The maximum Gasteiger partial charge on any atom is 0.132 e. The number of aryl methyl sites for hydroxylation is 3. The zero-order valence-electron chi connectivity index (χ0n) is 11.2. The fraction of sp³-hybridized carbons (Fsp3) is 0.267. The van der Waals surface area contributed by atoms with E-state index in [2.05, 4.69) is 70.9 Å². The van der Waals surface area contributed by atoms with Gasteiger partial charge in [-0.1, -0.05) is 6.07 Å². The van der Waals surface area contributed by atoms with Gasteiger partial charge < -0.3 is 4.90 Å². The topological polar surface area (TPSA) is 16.1 Å². The van der Waals surface area contributed by atoms with Crippen molar-refractivity contribution >= 4 is 27.4 Å². The van der Waals surface area contributed by atoms with E-state index >= 15 is 0 Å². The van der Waals surface area contributed by atoms with Gasteiger partial charge in [0.2, 0.25) is 0 Å². The summed E-state index contributed by atoms with van der Waals surface area (Å²) in [6.45, 7) is 6.31. The number of nitrogens with zero attached hydrogens (tertiary/aromatic N) is 2. The molecule has 0 fully saturated rings. The Labute approximate surface area is 117 Å². The molecule has 1 aromatic carbocycles. The van der Waals surface area contributed by atoms with E-state index in [9.17, 15) is 0 Å². The molecule has 0 saturated heterocycles. The standard InChI is InChI=1S/C15H17BrN2/c1-10-5-11(2)7-13(6-10)18(4)15-8-12(3)14(16)9-17-15/h5-9H,1-4H3. The molecule has 0 bridgehead atoms. The van der Waals surface area contributed by atoms with Crippen molar-refractivity contribution in [2.75, 3.05) is 11.9 Å². The lowest BCUT2D eigenvalue weighted by molar-refractivity contribution is 1.10. The van der Waals surface area contributed by atoms with Crippen LogP contribution in [0.3, 0.4) is 0 Å². The Morgan fingerprint density at radius 2 is 1.61 bits per heavy atom. The number of pyridine rings is 1. The molecular formula is C15H17BrN2. The van der Waals surface area contributed by atoms with Crippen LogP contribution < -0.4 is 4.90 Å². The first-order valence-corrected chi connectivity index (χ1v) is 6.71. The molecule has 1 aromatic heterocycles. The molecule has 0 unspecified atom stereocenters. The van der Waals surface area contributed by atoms with E-state index in [-0.39, 0.29) is 0 Å². The first kappa shape index (κ1) is 13.1. The number of hydrogen-bond donors (Lipinski definition) is 0. The maximum atomic E-state index is 4.45. The normalized spacial score (nSPS) is 10.5. The molecule has 0 amide bonds. The Morgan fingerprint density at radius 3 is 2.17 bits per heavy atom. The fourth-order valence-corrected chi connectivity index (χ4v) is 2.20. The van der Waals surface area contributed by atoms with Gasteiger partial charge in [0.25, 0.3) is 0 Å². The second-order valence-corrected chi connectivity index (χ2v) is 5.55. The molecule has 0 atom stereocenters. The van der Waals surface area contributed by atoms with Gasteiger partial charge in [0.1, 0.15) is 5.82 Å². The van der Waals surface area contributed by atoms with E-state index < -0.39 is 0 Å². The molecule has 1 heterocycles. The Morgan fingerprint density at radius 1 is 1.00 bits per heavy atom. The summed E-state index contributed by atoms with van der Waals surface area (Å²) in [6, 6.07) is 8.61. The van der Waals surface area contributed by atoms with Gasteiger partial charge in [-0.3, -0.25) is 0 Å². The van der Waals surface area contributed by atoms with Crippen molar-refractivity contribution in [1.29, 1.82) is 0 Å². The van der Waals surface area contributed by atoms with Crippen LogP contribution >= 0.6 is 15.9 Å². The Bertz CT molecular complexity index is 558. The average Bonchev–Trinajstić information content (AvgIpc) is 2.30. The van der Waals surface area contributed by atoms with E-state index in [1.54, 1.807) is 0 Å². The van der Waals surface area contributed by atoms with Gasteiger partial charge in [-0.05, 0) is 71.6 Å². The molecule has 3 heteroatoms. The van der Waals surface area contributed by atoms with E-state index in [1.807, 2.05) is 13.2 Å². The quantitative estimate of drug-likeness (QED) is 0.810. The van der Waals surface area contributed by atoms with Crippen molar-refractivity contribution in [1.82, 2.24) is 4.98 Å². The van der Waals surface area contributed by atoms with Crippen molar-refractivity contribution in [3.8, 4) is 0 Å². The van der Waals surface area contributed by atoms with Crippen LogP contribution in [0.4, 0.5) is 11.5 Å². The molecule has 2 aromatic rings. The maximum absolute atomic E-state index is 4.45. The molecule has 0 aliphatic carbocycles. The smallest absolute Gasteiger partial charge is 0.132 e. The number of rotatable bonds is 2. The predicted molar refractivity (Wildman–Crippen MR) is 80.7 cm³/mol. The van der Waals surface area contributed by atoms with Crippen molar-refractivity contribution in [3.05, 3.63) is 51.6 Å². The van der Waals surface area contributed by atoms with Gasteiger partial charge in [-0.25, -0.2) is 4.98 Å². The van der Waals surface area contributed by atoms with Gasteiger partial charge in [0, 0.05) is 23.4 Å². The third-order valence-corrected chi connectivity index (χ3v) is 3.80. The summed E-state index contributed by atoms with van der Waals surface area (Å²) in [5.74, 6) is 0.959. The van der Waals surface area contributed by atoms with Crippen LogP contribution in [0.1, 0.15) is 16.7 Å². The van der Waals surface area contributed by atoms with Crippen LogP contribution in [0.5, 0.6) is 0 Å². The highest BCUT2D eigenvalue weighted by Gasteiger charge is 2.07. The number of halogens is 1.